The van der Waals surface area contributed by atoms with Gasteiger partial charge in [0.15, 0.2) is 0 Å². The van der Waals surface area contributed by atoms with Crippen molar-refractivity contribution in [2.75, 3.05) is 19.8 Å². The summed E-state index contributed by atoms with van der Waals surface area (Å²) in [5.41, 5.74) is 0.420. The molecule has 38 heavy (non-hydrogen) atoms. The highest BCUT2D eigenvalue weighted by Crippen LogP contribution is 2.24. The molecule has 0 spiro atoms. The predicted molar refractivity (Wildman–Crippen MR) is 138 cm³/mol. The fourth-order valence-corrected chi connectivity index (χ4v) is 4.37. The van der Waals surface area contributed by atoms with Gasteiger partial charge in [-0.15, -0.1) is 0 Å². The second-order valence-electron chi connectivity index (χ2n) is 10.2. The number of imidazole rings is 1. The minimum absolute atomic E-state index is 0.131. The van der Waals surface area contributed by atoms with Crippen LogP contribution >= 0.6 is 0 Å². The SMILES string of the molecule is CC(C)CCC(=O)N[C@@H](CC(=O)N1CCOC[C@@H]1C)C(=O)N[C@@H](C)c1nc(-c2ccc(F)cc2F)cn1C. The van der Waals surface area contributed by atoms with Crippen LogP contribution in [-0.2, 0) is 26.2 Å². The van der Waals surface area contributed by atoms with Crippen molar-refractivity contribution < 1.29 is 27.9 Å². The Morgan fingerprint density at radius 1 is 1.18 bits per heavy atom. The number of amides is 3. The maximum Gasteiger partial charge on any atom is 0.243 e. The van der Waals surface area contributed by atoms with Gasteiger partial charge in [-0.25, -0.2) is 13.8 Å². The second kappa shape index (κ2) is 12.9. The van der Waals surface area contributed by atoms with Crippen molar-refractivity contribution in [2.45, 2.75) is 65.1 Å². The van der Waals surface area contributed by atoms with Crippen molar-refractivity contribution in [3.8, 4) is 11.3 Å². The van der Waals surface area contributed by atoms with E-state index in [4.69, 9.17) is 4.74 Å². The van der Waals surface area contributed by atoms with E-state index in [1.165, 1.54) is 6.07 Å². The van der Waals surface area contributed by atoms with Gasteiger partial charge in [-0.3, -0.25) is 14.4 Å². The number of nitrogens with one attached hydrogen (secondary N) is 2. The Morgan fingerprint density at radius 2 is 1.92 bits per heavy atom. The average Bonchev–Trinajstić information content (AvgIpc) is 3.23. The molecule has 0 unspecified atom stereocenters. The summed E-state index contributed by atoms with van der Waals surface area (Å²) < 4.78 is 34.7. The van der Waals surface area contributed by atoms with Crippen LogP contribution in [0, 0.1) is 17.6 Å². The first-order chi connectivity index (χ1) is 18.0. The van der Waals surface area contributed by atoms with E-state index in [9.17, 15) is 23.2 Å². The van der Waals surface area contributed by atoms with E-state index in [0.717, 1.165) is 12.1 Å². The fourth-order valence-electron chi connectivity index (χ4n) is 4.37. The van der Waals surface area contributed by atoms with E-state index < -0.39 is 29.6 Å². The number of rotatable bonds is 10. The molecular formula is C27H37F2N5O4. The molecule has 11 heteroatoms. The third-order valence-electron chi connectivity index (χ3n) is 6.53. The van der Waals surface area contributed by atoms with Gasteiger partial charge in [0.1, 0.15) is 23.5 Å². The first-order valence-electron chi connectivity index (χ1n) is 12.9. The van der Waals surface area contributed by atoms with Gasteiger partial charge in [0.05, 0.1) is 37.4 Å². The highest BCUT2D eigenvalue weighted by atomic mass is 19.1. The van der Waals surface area contributed by atoms with Gasteiger partial charge in [0.2, 0.25) is 17.7 Å². The normalized spacial score (nSPS) is 17.3. The second-order valence-corrected chi connectivity index (χ2v) is 10.2. The molecule has 2 heterocycles. The van der Waals surface area contributed by atoms with Crippen LogP contribution in [0.5, 0.6) is 0 Å². The molecule has 1 saturated heterocycles. The molecule has 3 amide bonds. The lowest BCUT2D eigenvalue weighted by atomic mass is 10.1. The van der Waals surface area contributed by atoms with Crippen LogP contribution in [0.3, 0.4) is 0 Å². The number of aromatic nitrogens is 2. The first kappa shape index (κ1) is 29.2. The van der Waals surface area contributed by atoms with Gasteiger partial charge >= 0.3 is 0 Å². The number of ether oxygens (including phenoxy) is 1. The Hall–Kier alpha value is -3.34. The largest absolute Gasteiger partial charge is 0.377 e. The van der Waals surface area contributed by atoms with Gasteiger partial charge in [-0.1, -0.05) is 13.8 Å². The molecule has 0 saturated carbocycles. The predicted octanol–water partition coefficient (Wildman–Crippen LogP) is 3.10. The van der Waals surface area contributed by atoms with Crippen molar-refractivity contribution in [1.29, 1.82) is 0 Å². The number of benzene rings is 1. The molecule has 1 aromatic carbocycles. The highest BCUT2D eigenvalue weighted by Gasteiger charge is 2.31. The van der Waals surface area contributed by atoms with Gasteiger partial charge in [0, 0.05) is 37.8 Å². The van der Waals surface area contributed by atoms with Gasteiger partial charge in [-0.05, 0) is 38.3 Å². The summed E-state index contributed by atoms with van der Waals surface area (Å²) >= 11 is 0. The van der Waals surface area contributed by atoms with Gasteiger partial charge < -0.3 is 24.8 Å². The van der Waals surface area contributed by atoms with Crippen molar-refractivity contribution in [1.82, 2.24) is 25.1 Å². The number of morpholine rings is 1. The molecule has 1 aromatic heterocycles. The molecule has 2 N–H and O–H groups in total. The maximum atomic E-state index is 14.3. The molecule has 0 radical (unpaired) electrons. The summed E-state index contributed by atoms with van der Waals surface area (Å²) in [6, 6.07) is 1.41. The summed E-state index contributed by atoms with van der Waals surface area (Å²) in [4.78, 5) is 45.1. The van der Waals surface area contributed by atoms with Crippen LogP contribution in [0.15, 0.2) is 24.4 Å². The van der Waals surface area contributed by atoms with Crippen LogP contribution in [0.25, 0.3) is 11.3 Å². The third kappa shape index (κ3) is 7.59. The summed E-state index contributed by atoms with van der Waals surface area (Å²) in [5.74, 6) is -1.77. The van der Waals surface area contributed by atoms with Crippen LogP contribution in [-0.4, -0.2) is 64.0 Å². The minimum Gasteiger partial charge on any atom is -0.377 e. The van der Waals surface area contributed by atoms with E-state index in [0.29, 0.717) is 37.9 Å². The number of aryl methyl sites for hydroxylation is 1. The van der Waals surface area contributed by atoms with Crippen LogP contribution in [0.4, 0.5) is 8.78 Å². The fraction of sp³-hybridized carbons (Fsp3) is 0.556. The quantitative estimate of drug-likeness (QED) is 0.488. The Balaban J connectivity index is 1.75. The molecule has 0 bridgehead atoms. The smallest absolute Gasteiger partial charge is 0.243 e. The zero-order valence-corrected chi connectivity index (χ0v) is 22.6. The molecule has 2 aromatic rings. The standard InChI is InChI=1S/C27H37F2N5O4/c1-16(2)6-9-24(35)31-22(13-25(36)34-10-11-38-15-17(34)3)27(37)30-18(4)26-32-23(14-33(26)5)20-8-7-19(28)12-21(20)29/h7-8,12,14,16-18,22H,6,9-11,13,15H2,1-5H3,(H,30,37)(H,31,35)/t17-,18-,22-/m0/s1. The molecule has 3 atom stereocenters. The number of halogens is 2. The zero-order valence-electron chi connectivity index (χ0n) is 22.6. The number of carbonyl (C=O) groups is 3. The monoisotopic (exact) mass is 533 g/mol. The first-order valence-corrected chi connectivity index (χ1v) is 12.9. The average molecular weight is 534 g/mol. The van der Waals surface area contributed by atoms with Crippen LogP contribution < -0.4 is 10.6 Å². The van der Waals surface area contributed by atoms with E-state index in [-0.39, 0.29) is 42.0 Å². The van der Waals surface area contributed by atoms with Crippen molar-refractivity contribution in [3.05, 3.63) is 41.9 Å². The maximum absolute atomic E-state index is 14.3. The topological polar surface area (TPSA) is 106 Å². The van der Waals surface area contributed by atoms with E-state index in [1.54, 1.807) is 29.6 Å². The number of carbonyl (C=O) groups excluding carboxylic acids is 3. The van der Waals surface area contributed by atoms with Crippen molar-refractivity contribution >= 4 is 17.7 Å². The Kier molecular flexibility index (Phi) is 9.96. The van der Waals surface area contributed by atoms with Crippen molar-refractivity contribution in [3.63, 3.8) is 0 Å². The van der Waals surface area contributed by atoms with E-state index in [1.807, 2.05) is 20.8 Å². The molecule has 208 valence electrons. The number of hydrogen-bond donors (Lipinski definition) is 2. The molecule has 1 aliphatic rings. The van der Waals surface area contributed by atoms with E-state index >= 15 is 0 Å². The molecular weight excluding hydrogens is 496 g/mol. The third-order valence-corrected chi connectivity index (χ3v) is 6.53. The van der Waals surface area contributed by atoms with Crippen LogP contribution in [0.1, 0.15) is 58.8 Å². The number of nitrogens with zero attached hydrogens (tertiary/aromatic N) is 3. The summed E-state index contributed by atoms with van der Waals surface area (Å²) in [6.07, 6.45) is 2.29. The van der Waals surface area contributed by atoms with Gasteiger partial charge in [-0.2, -0.15) is 0 Å². The molecule has 3 rings (SSSR count). The minimum atomic E-state index is -1.08. The van der Waals surface area contributed by atoms with Crippen molar-refractivity contribution in [2.24, 2.45) is 13.0 Å². The Labute approximate surface area is 221 Å². The molecule has 1 fully saturated rings. The Morgan fingerprint density at radius 3 is 2.58 bits per heavy atom. The molecule has 0 aliphatic carbocycles. The lowest BCUT2D eigenvalue weighted by molar-refractivity contribution is -0.142. The number of hydrogen-bond acceptors (Lipinski definition) is 5. The van der Waals surface area contributed by atoms with Crippen LogP contribution in [0.2, 0.25) is 0 Å². The Bertz CT molecular complexity index is 1150. The van der Waals surface area contributed by atoms with Gasteiger partial charge in [0.25, 0.3) is 0 Å². The molecule has 1 aliphatic heterocycles. The lowest BCUT2D eigenvalue weighted by Gasteiger charge is -2.34. The lowest BCUT2D eigenvalue weighted by Crippen LogP contribution is -2.53. The highest BCUT2D eigenvalue weighted by molar-refractivity contribution is 5.92. The zero-order chi connectivity index (χ0) is 28.0. The summed E-state index contributed by atoms with van der Waals surface area (Å²) in [7, 11) is 1.70. The summed E-state index contributed by atoms with van der Waals surface area (Å²) in [5, 5.41) is 5.56. The molecule has 9 nitrogen and oxygen atoms in total. The summed E-state index contributed by atoms with van der Waals surface area (Å²) in [6.45, 7) is 8.83. The van der Waals surface area contributed by atoms with E-state index in [2.05, 4.69) is 15.6 Å².